The van der Waals surface area contributed by atoms with Crippen LogP contribution in [0.5, 0.6) is 11.5 Å². The third-order valence-electron chi connectivity index (χ3n) is 5.15. The average Bonchev–Trinajstić information content (AvgIpc) is 3.03. The van der Waals surface area contributed by atoms with E-state index in [-0.39, 0.29) is 29.5 Å². The Morgan fingerprint density at radius 1 is 1.10 bits per heavy atom. The van der Waals surface area contributed by atoms with Gasteiger partial charge in [-0.1, -0.05) is 29.3 Å². The van der Waals surface area contributed by atoms with E-state index >= 15 is 0 Å². The fourth-order valence-corrected chi connectivity index (χ4v) is 3.98. The molecule has 0 radical (unpaired) electrons. The zero-order chi connectivity index (χ0) is 22.1. The van der Waals surface area contributed by atoms with Gasteiger partial charge in [-0.05, 0) is 35.9 Å². The molecule has 4 rings (SSSR count). The highest BCUT2D eigenvalue weighted by atomic mass is 35.5. The van der Waals surface area contributed by atoms with Crippen LogP contribution in [-0.2, 0) is 14.3 Å². The molecule has 7 nitrogen and oxygen atoms in total. The van der Waals surface area contributed by atoms with E-state index in [1.165, 1.54) is 12.0 Å². The fourth-order valence-electron chi connectivity index (χ4n) is 3.68. The van der Waals surface area contributed by atoms with E-state index in [9.17, 15) is 14.7 Å². The number of halogens is 2. The summed E-state index contributed by atoms with van der Waals surface area (Å²) in [6.45, 7) is 1.18. The van der Waals surface area contributed by atoms with E-state index in [2.05, 4.69) is 0 Å². The Bertz CT molecular complexity index is 1080. The lowest BCUT2D eigenvalue weighted by Crippen LogP contribution is -2.32. The van der Waals surface area contributed by atoms with Crippen LogP contribution in [0, 0.1) is 0 Å². The first-order valence-electron chi connectivity index (χ1n) is 9.54. The second-order valence-corrected chi connectivity index (χ2v) is 7.83. The maximum Gasteiger partial charge on any atom is 0.295 e. The van der Waals surface area contributed by atoms with Crippen molar-refractivity contribution in [3.8, 4) is 11.5 Å². The van der Waals surface area contributed by atoms with E-state index in [4.69, 9.17) is 37.4 Å². The number of fused-ring (bicyclic) bond motifs is 1. The van der Waals surface area contributed by atoms with Crippen LogP contribution < -0.4 is 9.47 Å². The molecule has 1 amide bonds. The van der Waals surface area contributed by atoms with E-state index < -0.39 is 17.7 Å². The number of ketones is 1. The molecule has 1 fully saturated rings. The van der Waals surface area contributed by atoms with Crippen molar-refractivity contribution in [2.45, 2.75) is 6.04 Å². The molecule has 2 aliphatic heterocycles. The van der Waals surface area contributed by atoms with Gasteiger partial charge in [0.05, 0.1) is 28.3 Å². The molecule has 0 bridgehead atoms. The lowest BCUT2D eigenvalue weighted by Gasteiger charge is -2.25. The summed E-state index contributed by atoms with van der Waals surface area (Å²) in [5.74, 6) is -0.836. The number of likely N-dealkylation sites (tertiary alicyclic amines) is 1. The van der Waals surface area contributed by atoms with Gasteiger partial charge in [-0.25, -0.2) is 0 Å². The van der Waals surface area contributed by atoms with E-state index in [0.717, 1.165) is 0 Å². The quantitative estimate of drug-likeness (QED) is 0.411. The van der Waals surface area contributed by atoms with Gasteiger partial charge >= 0.3 is 0 Å². The fraction of sp³-hybridized carbons (Fsp3) is 0.273. The first-order chi connectivity index (χ1) is 14.9. The highest BCUT2D eigenvalue weighted by Crippen LogP contribution is 2.42. The number of ether oxygens (including phenoxy) is 3. The van der Waals surface area contributed by atoms with Gasteiger partial charge in [-0.2, -0.15) is 0 Å². The Hall–Kier alpha value is -2.74. The summed E-state index contributed by atoms with van der Waals surface area (Å²) in [6, 6.07) is 8.82. The number of hydrogen-bond acceptors (Lipinski definition) is 6. The monoisotopic (exact) mass is 463 g/mol. The predicted molar refractivity (Wildman–Crippen MR) is 115 cm³/mol. The third kappa shape index (κ3) is 3.96. The summed E-state index contributed by atoms with van der Waals surface area (Å²) in [4.78, 5) is 27.1. The number of methoxy groups -OCH3 is 1. The van der Waals surface area contributed by atoms with Gasteiger partial charge in [-0.3, -0.25) is 9.59 Å². The van der Waals surface area contributed by atoms with Crippen molar-refractivity contribution in [3.05, 3.63) is 63.1 Å². The van der Waals surface area contributed by atoms with Gasteiger partial charge in [0.15, 0.2) is 11.5 Å². The molecule has 1 unspecified atom stereocenters. The molecule has 0 aromatic heterocycles. The summed E-state index contributed by atoms with van der Waals surface area (Å²) in [5, 5.41) is 11.7. The molecule has 31 heavy (non-hydrogen) atoms. The van der Waals surface area contributed by atoms with Crippen LogP contribution in [-0.4, -0.2) is 55.2 Å². The lowest BCUT2D eigenvalue weighted by molar-refractivity contribution is -0.140. The second-order valence-electron chi connectivity index (χ2n) is 7.02. The van der Waals surface area contributed by atoms with Crippen LogP contribution in [0.4, 0.5) is 0 Å². The van der Waals surface area contributed by atoms with Gasteiger partial charge in [0.1, 0.15) is 19.0 Å². The number of hydrogen-bond donors (Lipinski definition) is 1. The number of carbonyl (C=O) groups excluding carboxylic acids is 2. The predicted octanol–water partition coefficient (Wildman–Crippen LogP) is 3.83. The maximum absolute atomic E-state index is 13.0. The number of amides is 1. The number of aliphatic hydroxyl groups excluding tert-OH is 1. The number of aliphatic hydroxyl groups is 1. The van der Waals surface area contributed by atoms with E-state index in [1.54, 1.807) is 36.4 Å². The Balaban J connectivity index is 1.85. The zero-order valence-corrected chi connectivity index (χ0v) is 18.1. The molecule has 1 saturated heterocycles. The van der Waals surface area contributed by atoms with Crippen LogP contribution in [0.25, 0.3) is 5.76 Å². The number of rotatable bonds is 5. The lowest BCUT2D eigenvalue weighted by atomic mass is 9.95. The molecule has 0 spiro atoms. The van der Waals surface area contributed by atoms with Crippen LogP contribution in [0.2, 0.25) is 10.0 Å². The summed E-state index contributed by atoms with van der Waals surface area (Å²) >= 11 is 12.2. The minimum Gasteiger partial charge on any atom is -0.507 e. The van der Waals surface area contributed by atoms with Crippen molar-refractivity contribution >= 4 is 40.7 Å². The van der Waals surface area contributed by atoms with Gasteiger partial charge in [0, 0.05) is 19.2 Å². The molecular weight excluding hydrogens is 445 g/mol. The topological polar surface area (TPSA) is 85.3 Å². The molecule has 2 aromatic rings. The number of carbonyl (C=O) groups is 2. The minimum atomic E-state index is -0.849. The van der Waals surface area contributed by atoms with Crippen molar-refractivity contribution in [3.63, 3.8) is 0 Å². The van der Waals surface area contributed by atoms with Crippen molar-refractivity contribution < 1.29 is 28.9 Å². The Morgan fingerprint density at radius 3 is 2.55 bits per heavy atom. The van der Waals surface area contributed by atoms with Crippen LogP contribution in [0.3, 0.4) is 0 Å². The van der Waals surface area contributed by atoms with Crippen LogP contribution in [0.15, 0.2) is 42.0 Å². The number of Topliss-reactive ketones (excluding diaryl/α,β-unsaturated/α-hetero) is 1. The smallest absolute Gasteiger partial charge is 0.295 e. The standard InChI is InChI=1S/C22H19Cl2NO6/c1-29-7-6-25-19(12-2-4-14(23)15(24)10-12)18(21(27)22(25)28)20(26)13-3-5-16-17(11-13)31-9-8-30-16/h2-5,10-11,19,26H,6-9H2,1H3/b20-18+. The van der Waals surface area contributed by atoms with Crippen LogP contribution >= 0.6 is 23.2 Å². The average molecular weight is 464 g/mol. The molecule has 2 aromatic carbocycles. The first-order valence-corrected chi connectivity index (χ1v) is 10.3. The molecule has 1 N–H and O–H groups in total. The van der Waals surface area contributed by atoms with Crippen molar-refractivity contribution in [1.82, 2.24) is 4.90 Å². The van der Waals surface area contributed by atoms with Crippen LogP contribution in [0.1, 0.15) is 17.2 Å². The Morgan fingerprint density at radius 2 is 1.84 bits per heavy atom. The SMILES string of the molecule is COCCN1C(=O)C(=O)/C(=C(/O)c2ccc3c(c2)OCCO3)C1c1ccc(Cl)c(Cl)c1. The minimum absolute atomic E-state index is 0.0452. The molecule has 162 valence electrons. The van der Waals surface area contributed by atoms with E-state index in [1.807, 2.05) is 0 Å². The number of nitrogens with zero attached hydrogens (tertiary/aromatic N) is 1. The molecule has 2 aliphatic rings. The molecule has 1 atom stereocenters. The van der Waals surface area contributed by atoms with Crippen molar-refractivity contribution in [2.75, 3.05) is 33.5 Å². The van der Waals surface area contributed by atoms with Gasteiger partial charge in [0.25, 0.3) is 11.7 Å². The Kier molecular flexibility index (Phi) is 6.09. The summed E-state index contributed by atoms with van der Waals surface area (Å²) in [7, 11) is 1.50. The molecular formula is C22H19Cl2NO6. The van der Waals surface area contributed by atoms with Crippen molar-refractivity contribution in [2.24, 2.45) is 0 Å². The highest BCUT2D eigenvalue weighted by Gasteiger charge is 2.46. The third-order valence-corrected chi connectivity index (χ3v) is 5.89. The van der Waals surface area contributed by atoms with Gasteiger partial charge in [0.2, 0.25) is 0 Å². The summed E-state index contributed by atoms with van der Waals surface area (Å²) < 4.78 is 16.2. The van der Waals surface area contributed by atoms with Gasteiger partial charge in [-0.15, -0.1) is 0 Å². The van der Waals surface area contributed by atoms with E-state index in [0.29, 0.717) is 40.9 Å². The van der Waals surface area contributed by atoms with Crippen molar-refractivity contribution in [1.29, 1.82) is 0 Å². The summed E-state index contributed by atoms with van der Waals surface area (Å²) in [5.41, 5.74) is 0.832. The normalized spacial score (nSPS) is 19.7. The van der Waals surface area contributed by atoms with Gasteiger partial charge < -0.3 is 24.2 Å². The second kappa shape index (κ2) is 8.78. The zero-order valence-electron chi connectivity index (χ0n) is 16.6. The summed E-state index contributed by atoms with van der Waals surface area (Å²) in [6.07, 6.45) is 0. The molecule has 2 heterocycles. The number of benzene rings is 2. The first kappa shape index (κ1) is 21.5. The largest absolute Gasteiger partial charge is 0.507 e. The highest BCUT2D eigenvalue weighted by molar-refractivity contribution is 6.46. The molecule has 9 heteroatoms. The Labute approximate surface area is 188 Å². The maximum atomic E-state index is 13.0. The molecule has 0 aliphatic carbocycles. The molecule has 0 saturated carbocycles.